The summed E-state index contributed by atoms with van der Waals surface area (Å²) in [6.45, 7) is 5.46. The highest BCUT2D eigenvalue weighted by Gasteiger charge is 2.36. The van der Waals surface area contributed by atoms with Gasteiger partial charge in [0.15, 0.2) is 0 Å². The summed E-state index contributed by atoms with van der Waals surface area (Å²) in [5.41, 5.74) is 2.01. The Morgan fingerprint density at radius 3 is 2.52 bits per heavy atom. The lowest BCUT2D eigenvalue weighted by atomic mass is 10.1. The summed E-state index contributed by atoms with van der Waals surface area (Å²) in [5.74, 6) is 0.900. The lowest BCUT2D eigenvalue weighted by Crippen LogP contribution is -2.30. The van der Waals surface area contributed by atoms with Crippen molar-refractivity contribution in [1.82, 2.24) is 9.29 Å². The first-order chi connectivity index (χ1) is 11.9. The van der Waals surface area contributed by atoms with Crippen molar-refractivity contribution in [1.29, 1.82) is 0 Å². The van der Waals surface area contributed by atoms with Gasteiger partial charge in [-0.2, -0.15) is 4.31 Å². The Morgan fingerprint density at radius 1 is 1.20 bits per heavy atom. The number of benzene rings is 1. The molecule has 1 saturated heterocycles. The first kappa shape index (κ1) is 17.9. The number of anilines is 1. The number of nitrogens with zero attached hydrogens (tertiary/aromatic N) is 3. The van der Waals surface area contributed by atoms with Crippen LogP contribution >= 0.6 is 0 Å². The minimum Gasteiger partial charge on any atom is -0.360 e. The second-order valence-electron chi connectivity index (χ2n) is 6.55. The average Bonchev–Trinajstić information content (AvgIpc) is 3.12. The predicted molar refractivity (Wildman–Crippen MR) is 100 cm³/mol. The molecule has 0 spiro atoms. The Kier molecular flexibility index (Phi) is 5.11. The molecule has 1 aromatic carbocycles. The Hall–Kier alpha value is -1.92. The van der Waals surface area contributed by atoms with Gasteiger partial charge in [0.25, 0.3) is 0 Å². The molecule has 2 aromatic rings. The van der Waals surface area contributed by atoms with E-state index in [2.05, 4.69) is 16.8 Å². The molecule has 0 saturated carbocycles. The van der Waals surface area contributed by atoms with Crippen molar-refractivity contribution >= 4 is 15.8 Å². The third-order valence-electron chi connectivity index (χ3n) is 4.85. The number of hydrogen-bond acceptors (Lipinski definition) is 4. The highest BCUT2D eigenvalue weighted by Crippen LogP contribution is 2.36. The van der Waals surface area contributed by atoms with Crippen molar-refractivity contribution < 1.29 is 8.42 Å². The van der Waals surface area contributed by atoms with Gasteiger partial charge in [-0.15, -0.1) is 0 Å². The van der Waals surface area contributed by atoms with E-state index < -0.39 is 10.0 Å². The third-order valence-corrected chi connectivity index (χ3v) is 6.77. The molecule has 1 atom stereocenters. The molecule has 25 heavy (non-hydrogen) atoms. The van der Waals surface area contributed by atoms with Crippen LogP contribution in [0.4, 0.5) is 5.82 Å². The summed E-state index contributed by atoms with van der Waals surface area (Å²) >= 11 is 0. The SMILES string of the molecule is CCN(C)c1ccc([C@H]2CCCN2S(=O)(=O)c2ccc(C)cc2)cn1. The zero-order valence-corrected chi connectivity index (χ0v) is 15.8. The van der Waals surface area contributed by atoms with Crippen LogP contribution < -0.4 is 4.90 Å². The van der Waals surface area contributed by atoms with Crippen LogP contribution in [0.25, 0.3) is 0 Å². The van der Waals surface area contributed by atoms with Crippen molar-refractivity contribution in [2.45, 2.75) is 37.6 Å². The van der Waals surface area contributed by atoms with Crippen LogP contribution in [0.3, 0.4) is 0 Å². The van der Waals surface area contributed by atoms with Crippen LogP contribution in [-0.2, 0) is 10.0 Å². The number of pyridine rings is 1. The third kappa shape index (κ3) is 3.55. The van der Waals surface area contributed by atoms with E-state index in [4.69, 9.17) is 0 Å². The number of aryl methyl sites for hydroxylation is 1. The Labute approximate surface area is 150 Å². The van der Waals surface area contributed by atoms with Crippen LogP contribution in [-0.4, -0.2) is 37.8 Å². The minimum atomic E-state index is -3.49. The van der Waals surface area contributed by atoms with Crippen molar-refractivity contribution in [2.24, 2.45) is 0 Å². The average molecular weight is 359 g/mol. The zero-order valence-electron chi connectivity index (χ0n) is 15.0. The molecule has 0 N–H and O–H groups in total. The van der Waals surface area contributed by atoms with Gasteiger partial charge < -0.3 is 4.90 Å². The predicted octanol–water partition coefficient (Wildman–Crippen LogP) is 3.37. The van der Waals surface area contributed by atoms with E-state index in [0.29, 0.717) is 11.4 Å². The second kappa shape index (κ2) is 7.14. The molecule has 1 fully saturated rings. The van der Waals surface area contributed by atoms with Crippen LogP contribution in [0.5, 0.6) is 0 Å². The number of sulfonamides is 1. The van der Waals surface area contributed by atoms with Crippen molar-refractivity contribution in [3.05, 3.63) is 53.7 Å². The Morgan fingerprint density at radius 2 is 1.92 bits per heavy atom. The van der Waals surface area contributed by atoms with Crippen LogP contribution in [0.1, 0.15) is 36.9 Å². The largest absolute Gasteiger partial charge is 0.360 e. The molecule has 134 valence electrons. The molecule has 1 aliphatic rings. The van der Waals surface area contributed by atoms with E-state index in [-0.39, 0.29) is 6.04 Å². The molecule has 0 amide bonds. The van der Waals surface area contributed by atoms with Crippen molar-refractivity contribution in [2.75, 3.05) is 25.0 Å². The summed E-state index contributed by atoms with van der Waals surface area (Å²) < 4.78 is 27.7. The quantitative estimate of drug-likeness (QED) is 0.821. The van der Waals surface area contributed by atoms with E-state index in [9.17, 15) is 8.42 Å². The molecule has 1 aliphatic heterocycles. The maximum atomic E-state index is 13.0. The van der Waals surface area contributed by atoms with Gasteiger partial charge in [0, 0.05) is 26.3 Å². The lowest BCUT2D eigenvalue weighted by molar-refractivity contribution is 0.396. The number of hydrogen-bond donors (Lipinski definition) is 0. The Bertz CT molecular complexity index is 817. The smallest absolute Gasteiger partial charge is 0.243 e. The summed E-state index contributed by atoms with van der Waals surface area (Å²) in [6.07, 6.45) is 3.51. The number of aromatic nitrogens is 1. The van der Waals surface area contributed by atoms with Gasteiger partial charge in [-0.1, -0.05) is 23.8 Å². The molecule has 2 heterocycles. The summed E-state index contributed by atoms with van der Waals surface area (Å²) in [7, 11) is -1.50. The van der Waals surface area contributed by atoms with E-state index in [1.807, 2.05) is 44.4 Å². The maximum absolute atomic E-state index is 13.0. The summed E-state index contributed by atoms with van der Waals surface area (Å²) in [5, 5.41) is 0. The molecule has 0 unspecified atom stereocenters. The zero-order chi connectivity index (χ0) is 18.0. The van der Waals surface area contributed by atoms with E-state index >= 15 is 0 Å². The maximum Gasteiger partial charge on any atom is 0.243 e. The molecule has 6 heteroatoms. The second-order valence-corrected chi connectivity index (χ2v) is 8.44. The minimum absolute atomic E-state index is 0.139. The molecular formula is C19H25N3O2S. The standard InChI is InChI=1S/C19H25N3O2S/c1-4-21(3)19-12-9-16(14-20-19)18-6-5-13-22(18)25(23,24)17-10-7-15(2)8-11-17/h7-12,14,18H,4-6,13H2,1-3H3/t18-/m1/s1. The molecule has 0 bridgehead atoms. The van der Waals surface area contributed by atoms with Crippen molar-refractivity contribution in [3.8, 4) is 0 Å². The van der Waals surface area contributed by atoms with E-state index in [1.165, 1.54) is 0 Å². The van der Waals surface area contributed by atoms with Crippen LogP contribution in [0.15, 0.2) is 47.5 Å². The molecule has 3 rings (SSSR count). The van der Waals surface area contributed by atoms with Gasteiger partial charge in [0.1, 0.15) is 5.82 Å². The topological polar surface area (TPSA) is 53.5 Å². The fourth-order valence-corrected chi connectivity index (χ4v) is 4.87. The fourth-order valence-electron chi connectivity index (χ4n) is 3.19. The highest BCUT2D eigenvalue weighted by atomic mass is 32.2. The van der Waals surface area contributed by atoms with E-state index in [0.717, 1.165) is 36.3 Å². The van der Waals surface area contributed by atoms with Crippen LogP contribution in [0.2, 0.25) is 0 Å². The lowest BCUT2D eigenvalue weighted by Gasteiger charge is -2.25. The Balaban J connectivity index is 1.88. The summed E-state index contributed by atoms with van der Waals surface area (Å²) in [6, 6.07) is 10.9. The number of rotatable bonds is 5. The van der Waals surface area contributed by atoms with Gasteiger partial charge >= 0.3 is 0 Å². The molecule has 5 nitrogen and oxygen atoms in total. The van der Waals surface area contributed by atoms with Gasteiger partial charge in [0.2, 0.25) is 10.0 Å². The highest BCUT2D eigenvalue weighted by molar-refractivity contribution is 7.89. The molecular weight excluding hydrogens is 334 g/mol. The molecule has 1 aromatic heterocycles. The first-order valence-electron chi connectivity index (χ1n) is 8.69. The monoisotopic (exact) mass is 359 g/mol. The fraction of sp³-hybridized carbons (Fsp3) is 0.421. The van der Waals surface area contributed by atoms with Gasteiger partial charge in [-0.3, -0.25) is 0 Å². The van der Waals surface area contributed by atoms with Crippen molar-refractivity contribution in [3.63, 3.8) is 0 Å². The van der Waals surface area contributed by atoms with Crippen LogP contribution in [0, 0.1) is 6.92 Å². The normalized spacial score (nSPS) is 18.4. The van der Waals surface area contributed by atoms with Gasteiger partial charge in [0.05, 0.1) is 10.9 Å². The molecule has 0 radical (unpaired) electrons. The first-order valence-corrected chi connectivity index (χ1v) is 10.1. The van der Waals surface area contributed by atoms with Gasteiger partial charge in [-0.05, 0) is 50.5 Å². The molecule has 0 aliphatic carbocycles. The summed E-state index contributed by atoms with van der Waals surface area (Å²) in [4.78, 5) is 6.92. The van der Waals surface area contributed by atoms with E-state index in [1.54, 1.807) is 16.4 Å². The van der Waals surface area contributed by atoms with Gasteiger partial charge in [-0.25, -0.2) is 13.4 Å².